The van der Waals surface area contributed by atoms with Crippen molar-refractivity contribution in [1.29, 1.82) is 5.26 Å². The van der Waals surface area contributed by atoms with Gasteiger partial charge in [0, 0.05) is 11.8 Å². The summed E-state index contributed by atoms with van der Waals surface area (Å²) in [5, 5.41) is 19.0. The molecule has 1 aliphatic carbocycles. The van der Waals surface area contributed by atoms with Gasteiger partial charge < -0.3 is 5.11 Å². The highest BCUT2D eigenvalue weighted by molar-refractivity contribution is 5.39. The van der Waals surface area contributed by atoms with E-state index in [1.165, 1.54) is 11.1 Å². The lowest BCUT2D eigenvalue weighted by Gasteiger charge is -2.27. The van der Waals surface area contributed by atoms with Crippen LogP contribution < -0.4 is 0 Å². The maximum Gasteiger partial charge on any atom is 0.0849 e. The second-order valence-electron chi connectivity index (χ2n) is 5.09. The van der Waals surface area contributed by atoms with Crippen molar-refractivity contribution in [2.75, 3.05) is 0 Å². The summed E-state index contributed by atoms with van der Waals surface area (Å²) in [5.74, 6) is 0. The molecule has 1 aromatic rings. The highest BCUT2D eigenvalue weighted by atomic mass is 16.3. The van der Waals surface area contributed by atoms with Crippen LogP contribution in [0, 0.1) is 23.7 Å². The monoisotopic (exact) mass is 215 g/mol. The number of benzene rings is 1. The molecule has 2 nitrogen and oxygen atoms in total. The van der Waals surface area contributed by atoms with Crippen LogP contribution in [0.1, 0.15) is 42.6 Å². The molecule has 0 radical (unpaired) electrons. The summed E-state index contributed by atoms with van der Waals surface area (Å²) in [5.41, 5.74) is 3.31. The Labute approximate surface area is 96.5 Å². The molecule has 1 N–H and O–H groups in total. The molecule has 0 spiro atoms. The third-order valence-electron chi connectivity index (χ3n) is 3.66. The normalized spacial score (nSPS) is 27.5. The highest BCUT2D eigenvalue weighted by Gasteiger charge is 2.40. The maximum atomic E-state index is 10.3. The zero-order chi connectivity index (χ0) is 11.8. The maximum absolute atomic E-state index is 10.3. The molecule has 0 aliphatic heterocycles. The van der Waals surface area contributed by atoms with Gasteiger partial charge in [-0.15, -0.1) is 0 Å². The van der Waals surface area contributed by atoms with E-state index in [1.54, 1.807) is 0 Å². The van der Waals surface area contributed by atoms with Gasteiger partial charge in [-0.2, -0.15) is 5.26 Å². The lowest BCUT2D eigenvalue weighted by Crippen LogP contribution is -2.21. The molecule has 84 valence electrons. The van der Waals surface area contributed by atoms with Crippen molar-refractivity contribution >= 4 is 0 Å². The van der Waals surface area contributed by atoms with Gasteiger partial charge >= 0.3 is 0 Å². The largest absolute Gasteiger partial charge is 0.388 e. The number of hydrogen-bond donors (Lipinski definition) is 1. The standard InChI is InChI=1S/C14H17NO/c1-10-4-5-11-9-14(2,6-3-7-15)13(16)12(11)8-10/h4-5,8,13,16H,3,6,9H2,1-2H3. The third kappa shape index (κ3) is 1.72. The van der Waals surface area contributed by atoms with E-state index in [2.05, 4.69) is 31.2 Å². The van der Waals surface area contributed by atoms with E-state index in [4.69, 9.17) is 5.26 Å². The van der Waals surface area contributed by atoms with Crippen molar-refractivity contribution in [1.82, 2.24) is 0 Å². The minimum absolute atomic E-state index is 0.161. The number of fused-ring (bicyclic) bond motifs is 1. The Hall–Kier alpha value is -1.33. The number of nitriles is 1. The van der Waals surface area contributed by atoms with Crippen LogP contribution in [-0.4, -0.2) is 5.11 Å². The van der Waals surface area contributed by atoms with Crippen LogP contribution in [0.3, 0.4) is 0 Å². The Morgan fingerprint density at radius 1 is 1.56 bits per heavy atom. The van der Waals surface area contributed by atoms with E-state index >= 15 is 0 Å². The molecule has 0 heterocycles. The van der Waals surface area contributed by atoms with Crippen molar-refractivity contribution in [2.24, 2.45) is 5.41 Å². The molecular weight excluding hydrogens is 198 g/mol. The molecule has 2 atom stereocenters. The van der Waals surface area contributed by atoms with E-state index < -0.39 is 6.10 Å². The first-order valence-corrected chi connectivity index (χ1v) is 5.71. The van der Waals surface area contributed by atoms with E-state index in [9.17, 15) is 5.11 Å². The van der Waals surface area contributed by atoms with Gasteiger partial charge in [0.05, 0.1) is 12.2 Å². The van der Waals surface area contributed by atoms with Gasteiger partial charge in [-0.05, 0) is 30.9 Å². The minimum atomic E-state index is -0.421. The molecule has 2 unspecified atom stereocenters. The summed E-state index contributed by atoms with van der Waals surface area (Å²) in [6, 6.07) is 8.42. The molecule has 0 bridgehead atoms. The summed E-state index contributed by atoms with van der Waals surface area (Å²) in [6.45, 7) is 4.11. The van der Waals surface area contributed by atoms with Crippen LogP contribution in [0.2, 0.25) is 0 Å². The Bertz CT molecular complexity index is 447. The van der Waals surface area contributed by atoms with Crippen molar-refractivity contribution in [2.45, 2.75) is 39.2 Å². The van der Waals surface area contributed by atoms with E-state index in [1.807, 2.05) is 6.92 Å². The average Bonchev–Trinajstić information content (AvgIpc) is 2.50. The first-order valence-electron chi connectivity index (χ1n) is 5.71. The van der Waals surface area contributed by atoms with Crippen molar-refractivity contribution < 1.29 is 5.11 Å². The summed E-state index contributed by atoms with van der Waals surface area (Å²) in [6.07, 6.45) is 1.74. The number of aliphatic hydroxyl groups is 1. The molecule has 0 amide bonds. The Morgan fingerprint density at radius 2 is 2.31 bits per heavy atom. The zero-order valence-corrected chi connectivity index (χ0v) is 9.83. The van der Waals surface area contributed by atoms with Gasteiger partial charge in [-0.3, -0.25) is 0 Å². The second-order valence-corrected chi connectivity index (χ2v) is 5.09. The predicted octanol–water partition coefficient (Wildman–Crippen LogP) is 2.89. The Balaban J connectivity index is 2.30. The molecule has 16 heavy (non-hydrogen) atoms. The number of aryl methyl sites for hydroxylation is 1. The molecule has 0 fully saturated rings. The smallest absolute Gasteiger partial charge is 0.0849 e. The van der Waals surface area contributed by atoms with Crippen LogP contribution in [-0.2, 0) is 6.42 Å². The van der Waals surface area contributed by atoms with Crippen LogP contribution in [0.15, 0.2) is 18.2 Å². The van der Waals surface area contributed by atoms with Gasteiger partial charge in [0.15, 0.2) is 0 Å². The van der Waals surface area contributed by atoms with E-state index in [0.717, 1.165) is 18.4 Å². The van der Waals surface area contributed by atoms with Gasteiger partial charge in [-0.25, -0.2) is 0 Å². The van der Waals surface area contributed by atoms with Gasteiger partial charge in [0.2, 0.25) is 0 Å². The number of nitrogens with zero attached hydrogens (tertiary/aromatic N) is 1. The van der Waals surface area contributed by atoms with Gasteiger partial charge in [0.1, 0.15) is 0 Å². The van der Waals surface area contributed by atoms with E-state index in [0.29, 0.717) is 6.42 Å². The molecule has 2 heteroatoms. The fourth-order valence-electron chi connectivity index (χ4n) is 2.60. The Morgan fingerprint density at radius 3 is 3.00 bits per heavy atom. The third-order valence-corrected chi connectivity index (χ3v) is 3.66. The highest BCUT2D eigenvalue weighted by Crippen LogP contribution is 2.48. The fraction of sp³-hybridized carbons (Fsp3) is 0.500. The molecule has 1 aliphatic rings. The SMILES string of the molecule is Cc1ccc2c(c1)C(O)C(C)(CCC#N)C2. The first-order chi connectivity index (χ1) is 7.57. The molecular formula is C14H17NO. The summed E-state index contributed by atoms with van der Waals surface area (Å²) < 4.78 is 0. The molecule has 0 aromatic heterocycles. The molecule has 2 rings (SSSR count). The predicted molar refractivity (Wildman–Crippen MR) is 62.8 cm³/mol. The van der Waals surface area contributed by atoms with Crippen LogP contribution >= 0.6 is 0 Å². The lowest BCUT2D eigenvalue weighted by atomic mass is 9.80. The van der Waals surface area contributed by atoms with E-state index in [-0.39, 0.29) is 5.41 Å². The number of aliphatic hydroxyl groups excluding tert-OH is 1. The van der Waals surface area contributed by atoms with Crippen LogP contribution in [0.4, 0.5) is 0 Å². The van der Waals surface area contributed by atoms with Crippen LogP contribution in [0.5, 0.6) is 0 Å². The minimum Gasteiger partial charge on any atom is -0.388 e. The zero-order valence-electron chi connectivity index (χ0n) is 9.83. The number of hydrogen-bond acceptors (Lipinski definition) is 2. The quantitative estimate of drug-likeness (QED) is 0.824. The molecule has 0 saturated carbocycles. The fourth-order valence-corrected chi connectivity index (χ4v) is 2.60. The van der Waals surface area contributed by atoms with Crippen LogP contribution in [0.25, 0.3) is 0 Å². The molecule has 0 saturated heterocycles. The number of rotatable bonds is 2. The first kappa shape index (κ1) is 11.2. The lowest BCUT2D eigenvalue weighted by molar-refractivity contribution is 0.0471. The second kappa shape index (κ2) is 3.92. The van der Waals surface area contributed by atoms with Crippen molar-refractivity contribution in [3.63, 3.8) is 0 Å². The van der Waals surface area contributed by atoms with Gasteiger partial charge in [-0.1, -0.05) is 30.7 Å². The topological polar surface area (TPSA) is 44.0 Å². The Kier molecular flexibility index (Phi) is 2.73. The summed E-state index contributed by atoms with van der Waals surface area (Å²) in [7, 11) is 0. The van der Waals surface area contributed by atoms with Crippen molar-refractivity contribution in [3.8, 4) is 6.07 Å². The van der Waals surface area contributed by atoms with Gasteiger partial charge in [0.25, 0.3) is 0 Å². The molecule has 1 aromatic carbocycles. The van der Waals surface area contributed by atoms with Crippen molar-refractivity contribution in [3.05, 3.63) is 34.9 Å². The summed E-state index contributed by atoms with van der Waals surface area (Å²) in [4.78, 5) is 0. The average molecular weight is 215 g/mol. The summed E-state index contributed by atoms with van der Waals surface area (Å²) >= 11 is 0.